The molecule has 3 heterocycles. The Kier molecular flexibility index (Phi) is 6.64. The van der Waals surface area contributed by atoms with Crippen molar-refractivity contribution in [3.05, 3.63) is 23.4 Å². The zero-order valence-electron chi connectivity index (χ0n) is 13.2. The molecule has 2 aliphatic heterocycles. The van der Waals surface area contributed by atoms with Crippen LogP contribution in [0, 0.1) is 0 Å². The van der Waals surface area contributed by atoms with Crippen LogP contribution in [0.1, 0.15) is 31.5 Å². The van der Waals surface area contributed by atoms with Crippen molar-refractivity contribution >= 4 is 16.6 Å². The number of nitrogens with zero attached hydrogens (tertiary/aromatic N) is 2. The molecule has 21 heavy (non-hydrogen) atoms. The Hall–Kier alpha value is -0.940. The summed E-state index contributed by atoms with van der Waals surface area (Å²) in [6, 6.07) is 4.39. The summed E-state index contributed by atoms with van der Waals surface area (Å²) >= 11 is 0. The number of hydrogen-bond acceptors (Lipinski definition) is 4. The molecule has 1 aromatic heterocycles. The maximum absolute atomic E-state index is 11.4. The first-order valence-corrected chi connectivity index (χ1v) is 9.61. The average molecular weight is 309 g/mol. The van der Waals surface area contributed by atoms with Crippen LogP contribution in [0.5, 0.6) is 0 Å². The highest BCUT2D eigenvalue weighted by atomic mass is 32.2. The lowest BCUT2D eigenvalue weighted by molar-refractivity contribution is 0.617. The highest BCUT2D eigenvalue weighted by Crippen LogP contribution is 2.19. The van der Waals surface area contributed by atoms with Crippen LogP contribution in [0.25, 0.3) is 0 Å². The van der Waals surface area contributed by atoms with E-state index in [0.717, 1.165) is 56.3 Å². The van der Waals surface area contributed by atoms with E-state index < -0.39 is 10.8 Å². The molecule has 4 nitrogen and oxygen atoms in total. The smallest absolute Gasteiger partial charge is 0.128 e. The van der Waals surface area contributed by atoms with Crippen molar-refractivity contribution in [1.82, 2.24) is 10.3 Å². The second-order valence-electron chi connectivity index (χ2n) is 5.21. The zero-order chi connectivity index (χ0) is 15.1. The van der Waals surface area contributed by atoms with E-state index >= 15 is 0 Å². The van der Waals surface area contributed by atoms with Crippen LogP contribution in [0.2, 0.25) is 0 Å². The minimum absolute atomic E-state index is 0.621. The van der Waals surface area contributed by atoms with Gasteiger partial charge >= 0.3 is 0 Å². The molecule has 0 unspecified atom stereocenters. The fourth-order valence-electron chi connectivity index (χ4n) is 2.74. The van der Waals surface area contributed by atoms with Crippen LogP contribution in [0.3, 0.4) is 0 Å². The lowest BCUT2D eigenvalue weighted by atomic mass is 10.0. The Bertz CT molecular complexity index is 469. The molecule has 0 amide bonds. The van der Waals surface area contributed by atoms with Gasteiger partial charge < -0.3 is 10.2 Å². The third-order valence-corrected chi connectivity index (χ3v) is 5.17. The van der Waals surface area contributed by atoms with Crippen molar-refractivity contribution in [2.45, 2.75) is 33.1 Å². The fraction of sp³-hybridized carbons (Fsp3) is 0.688. The van der Waals surface area contributed by atoms with Crippen LogP contribution in [0.15, 0.2) is 12.1 Å². The summed E-state index contributed by atoms with van der Waals surface area (Å²) < 4.78 is 11.4. The molecule has 1 N–H and O–H groups in total. The average Bonchev–Trinajstić information content (AvgIpc) is 2.51. The van der Waals surface area contributed by atoms with Crippen LogP contribution in [0.4, 0.5) is 5.82 Å². The van der Waals surface area contributed by atoms with E-state index in [1.165, 1.54) is 17.7 Å². The molecule has 0 spiro atoms. The van der Waals surface area contributed by atoms with E-state index in [4.69, 9.17) is 4.98 Å². The molecule has 1 fully saturated rings. The lowest BCUT2D eigenvalue weighted by Crippen LogP contribution is -2.38. The van der Waals surface area contributed by atoms with Gasteiger partial charge in [0, 0.05) is 54.1 Å². The SMILES string of the molecule is CC.O=S1CCN(c2ccc3c(n2)CCNCCC3)CC1. The minimum atomic E-state index is -0.621. The van der Waals surface area contributed by atoms with Crippen LogP contribution in [-0.4, -0.2) is 46.9 Å². The van der Waals surface area contributed by atoms with Gasteiger partial charge in [-0.2, -0.15) is 0 Å². The van der Waals surface area contributed by atoms with Gasteiger partial charge in [0.2, 0.25) is 0 Å². The molecular formula is C16H27N3OS. The normalized spacial score (nSPS) is 19.8. The summed E-state index contributed by atoms with van der Waals surface area (Å²) in [5, 5.41) is 3.44. The van der Waals surface area contributed by atoms with Crippen LogP contribution >= 0.6 is 0 Å². The molecular weight excluding hydrogens is 282 g/mol. The summed E-state index contributed by atoms with van der Waals surface area (Å²) in [6.07, 6.45) is 3.33. The molecule has 1 saturated heterocycles. The summed E-state index contributed by atoms with van der Waals surface area (Å²) in [5.74, 6) is 2.62. The van der Waals surface area contributed by atoms with E-state index in [1.807, 2.05) is 13.8 Å². The fourth-order valence-corrected chi connectivity index (χ4v) is 3.79. The summed E-state index contributed by atoms with van der Waals surface area (Å²) in [7, 11) is -0.621. The number of aryl methyl sites for hydroxylation is 1. The van der Waals surface area contributed by atoms with Gasteiger partial charge in [-0.15, -0.1) is 0 Å². The Balaban J connectivity index is 0.000000774. The Morgan fingerprint density at radius 2 is 1.90 bits per heavy atom. The number of rotatable bonds is 1. The van der Waals surface area contributed by atoms with Gasteiger partial charge in [0.05, 0.1) is 0 Å². The number of aromatic nitrogens is 1. The first-order valence-electron chi connectivity index (χ1n) is 8.12. The molecule has 3 rings (SSSR count). The largest absolute Gasteiger partial charge is 0.355 e. The van der Waals surface area contributed by atoms with Crippen molar-refractivity contribution < 1.29 is 4.21 Å². The van der Waals surface area contributed by atoms with Gasteiger partial charge in [0.25, 0.3) is 0 Å². The quantitative estimate of drug-likeness (QED) is 0.858. The molecule has 0 atom stereocenters. The molecule has 1 aromatic rings. The standard InChI is InChI=1S/C14H21N3OS.C2H6/c18-19-10-8-17(9-11-19)14-4-3-12-2-1-6-15-7-5-13(12)16-14;1-2/h3-4,15H,1-2,5-11H2;1-2H3. The van der Waals surface area contributed by atoms with E-state index in [-0.39, 0.29) is 0 Å². The summed E-state index contributed by atoms with van der Waals surface area (Å²) in [4.78, 5) is 7.12. The molecule has 0 aliphatic carbocycles. The number of pyridine rings is 1. The van der Waals surface area contributed by atoms with Gasteiger partial charge in [0.1, 0.15) is 5.82 Å². The lowest BCUT2D eigenvalue weighted by Gasteiger charge is -2.28. The van der Waals surface area contributed by atoms with Crippen LogP contribution < -0.4 is 10.2 Å². The number of hydrogen-bond donors (Lipinski definition) is 1. The van der Waals surface area contributed by atoms with Gasteiger partial charge in [-0.3, -0.25) is 4.21 Å². The monoisotopic (exact) mass is 309 g/mol. The molecule has 0 radical (unpaired) electrons. The first-order chi connectivity index (χ1) is 10.3. The molecule has 0 bridgehead atoms. The van der Waals surface area contributed by atoms with Crippen LogP contribution in [-0.2, 0) is 23.6 Å². The van der Waals surface area contributed by atoms with E-state index in [9.17, 15) is 4.21 Å². The molecule has 0 saturated carbocycles. The predicted molar refractivity (Wildman–Crippen MR) is 90.6 cm³/mol. The van der Waals surface area contributed by atoms with Crippen molar-refractivity contribution in [3.8, 4) is 0 Å². The second-order valence-corrected chi connectivity index (χ2v) is 6.91. The highest BCUT2D eigenvalue weighted by Gasteiger charge is 2.18. The molecule has 2 aliphatic rings. The van der Waals surface area contributed by atoms with Gasteiger partial charge in [-0.1, -0.05) is 19.9 Å². The third kappa shape index (κ3) is 4.51. The number of fused-ring (bicyclic) bond motifs is 1. The first kappa shape index (κ1) is 16.4. The maximum atomic E-state index is 11.4. The van der Waals surface area contributed by atoms with Crippen molar-refractivity contribution in [3.63, 3.8) is 0 Å². The minimum Gasteiger partial charge on any atom is -0.355 e. The topological polar surface area (TPSA) is 45.2 Å². The highest BCUT2D eigenvalue weighted by molar-refractivity contribution is 7.85. The van der Waals surface area contributed by atoms with Gasteiger partial charge in [-0.25, -0.2) is 4.98 Å². The zero-order valence-corrected chi connectivity index (χ0v) is 14.0. The molecule has 0 aromatic carbocycles. The predicted octanol–water partition coefficient (Wildman–Crippen LogP) is 1.75. The van der Waals surface area contributed by atoms with E-state index in [0.29, 0.717) is 0 Å². The van der Waals surface area contributed by atoms with Crippen molar-refractivity contribution in [2.24, 2.45) is 0 Å². The maximum Gasteiger partial charge on any atom is 0.128 e. The summed E-state index contributed by atoms with van der Waals surface area (Å²) in [6.45, 7) is 7.87. The Labute approximate surface area is 130 Å². The Morgan fingerprint density at radius 3 is 2.67 bits per heavy atom. The molecule has 5 heteroatoms. The van der Waals surface area contributed by atoms with E-state index in [1.54, 1.807) is 0 Å². The number of nitrogens with one attached hydrogen (secondary N) is 1. The van der Waals surface area contributed by atoms with Crippen molar-refractivity contribution in [2.75, 3.05) is 42.6 Å². The number of anilines is 1. The molecule has 118 valence electrons. The third-order valence-electron chi connectivity index (χ3n) is 3.89. The van der Waals surface area contributed by atoms with Crippen molar-refractivity contribution in [1.29, 1.82) is 0 Å². The summed E-state index contributed by atoms with van der Waals surface area (Å²) in [5.41, 5.74) is 2.65. The van der Waals surface area contributed by atoms with E-state index in [2.05, 4.69) is 22.3 Å². The van der Waals surface area contributed by atoms with Gasteiger partial charge in [0.15, 0.2) is 0 Å². The van der Waals surface area contributed by atoms with Gasteiger partial charge in [-0.05, 0) is 31.0 Å². The Morgan fingerprint density at radius 1 is 1.14 bits per heavy atom. The second kappa shape index (κ2) is 8.49.